The van der Waals surface area contributed by atoms with Crippen molar-refractivity contribution in [2.75, 3.05) is 7.11 Å². The molecule has 5 N–H and O–H groups in total. The first-order valence-corrected chi connectivity index (χ1v) is 8.91. The van der Waals surface area contributed by atoms with E-state index in [0.29, 0.717) is 24.8 Å². The van der Waals surface area contributed by atoms with E-state index in [9.17, 15) is 13.6 Å². The Bertz CT molecular complexity index is 616. The predicted molar refractivity (Wildman–Crippen MR) is 98.3 cm³/mol. The van der Waals surface area contributed by atoms with Gasteiger partial charge in [-0.1, -0.05) is 32.4 Å². The van der Waals surface area contributed by atoms with Gasteiger partial charge in [-0.3, -0.25) is 5.84 Å². The largest absolute Gasteiger partial charge is 0.465 e. The van der Waals surface area contributed by atoms with Crippen LogP contribution in [0.25, 0.3) is 0 Å². The molecule has 1 atom stereocenters. The van der Waals surface area contributed by atoms with Crippen LogP contribution in [0.5, 0.6) is 0 Å². The van der Waals surface area contributed by atoms with E-state index < -0.39 is 23.5 Å². The quantitative estimate of drug-likeness (QED) is 0.429. The van der Waals surface area contributed by atoms with Crippen LogP contribution in [-0.4, -0.2) is 19.0 Å². The van der Waals surface area contributed by atoms with E-state index in [1.54, 1.807) is 24.3 Å². The summed E-state index contributed by atoms with van der Waals surface area (Å²) in [7, 11) is 1.30. The predicted octanol–water partition coefficient (Wildman–Crippen LogP) is 3.50. The van der Waals surface area contributed by atoms with E-state index in [1.807, 2.05) is 13.8 Å². The molecule has 0 fully saturated rings. The second kappa shape index (κ2) is 10.1. The molecule has 0 aliphatic heterocycles. The van der Waals surface area contributed by atoms with E-state index in [2.05, 4.69) is 10.2 Å². The lowest BCUT2D eigenvalue weighted by Gasteiger charge is -2.31. The first-order valence-electron chi connectivity index (χ1n) is 8.91. The Morgan fingerprint density at radius 1 is 1.27 bits per heavy atom. The zero-order valence-electron chi connectivity index (χ0n) is 15.6. The van der Waals surface area contributed by atoms with Gasteiger partial charge in [-0.25, -0.2) is 4.79 Å². The molecule has 0 spiro atoms. The van der Waals surface area contributed by atoms with Gasteiger partial charge in [0.1, 0.15) is 0 Å². The second-order valence-electron chi connectivity index (χ2n) is 5.99. The van der Waals surface area contributed by atoms with Gasteiger partial charge < -0.3 is 15.9 Å². The Balaban J connectivity index is 0.00000163. The minimum absolute atomic E-state index is 0.174. The first-order chi connectivity index (χ1) is 12.4. The van der Waals surface area contributed by atoms with Crippen molar-refractivity contribution in [2.24, 2.45) is 17.5 Å². The summed E-state index contributed by atoms with van der Waals surface area (Å²) in [5.41, 5.74) is 8.86. The number of rotatable bonds is 4. The minimum Gasteiger partial charge on any atom is -0.465 e. The van der Waals surface area contributed by atoms with Crippen LogP contribution in [0.15, 0.2) is 35.7 Å². The molecule has 0 saturated heterocycles. The maximum atomic E-state index is 14.7. The number of esters is 1. The summed E-state index contributed by atoms with van der Waals surface area (Å²) < 4.78 is 34.1. The van der Waals surface area contributed by atoms with Crippen molar-refractivity contribution < 1.29 is 18.3 Å². The third-order valence-electron chi connectivity index (χ3n) is 4.46. The monoisotopic (exact) mass is 369 g/mol. The third kappa shape index (κ3) is 5.17. The number of hydrogen-bond donors (Lipinski definition) is 3. The lowest BCUT2D eigenvalue weighted by atomic mass is 9.84. The van der Waals surface area contributed by atoms with Crippen LogP contribution in [0, 0.1) is 5.92 Å². The molecular formula is C19H29F2N3O2. The Labute approximate surface area is 153 Å². The Hall–Kier alpha value is -2.15. The van der Waals surface area contributed by atoms with Crippen molar-refractivity contribution in [1.82, 2.24) is 5.43 Å². The fourth-order valence-electron chi connectivity index (χ4n) is 2.99. The number of methoxy groups -OCH3 is 1. The molecule has 1 aliphatic rings. The molecule has 1 unspecified atom stereocenters. The standard InChI is InChI=1S/C17H23F2N3O2.C2H6/c1-24-16(23)12-8-6-11(7-9-12)10-13-4-2-3-5-14(22-21)15(20)17(13,18)19;1-2/h6-9,13,22H,2-5,10,20-21H2,1H3;1-2H3/b15-14-;. The molecule has 1 aromatic rings. The highest BCUT2D eigenvalue weighted by Gasteiger charge is 2.44. The molecule has 7 heteroatoms. The number of allylic oxidation sites excluding steroid dienone is 2. The highest BCUT2D eigenvalue weighted by atomic mass is 19.3. The summed E-state index contributed by atoms with van der Waals surface area (Å²) in [6.45, 7) is 4.00. The summed E-state index contributed by atoms with van der Waals surface area (Å²) in [5, 5.41) is 0. The molecule has 1 aromatic carbocycles. The lowest BCUT2D eigenvalue weighted by Crippen LogP contribution is -2.40. The fraction of sp³-hybridized carbons (Fsp3) is 0.526. The smallest absolute Gasteiger partial charge is 0.337 e. The average Bonchev–Trinajstić information content (AvgIpc) is 2.67. The molecule has 0 bridgehead atoms. The van der Waals surface area contributed by atoms with Crippen LogP contribution in [0.1, 0.15) is 55.5 Å². The Morgan fingerprint density at radius 2 is 1.88 bits per heavy atom. The van der Waals surface area contributed by atoms with E-state index in [4.69, 9.17) is 11.6 Å². The highest BCUT2D eigenvalue weighted by Crippen LogP contribution is 2.39. The van der Waals surface area contributed by atoms with Crippen LogP contribution in [-0.2, 0) is 11.2 Å². The second-order valence-corrected chi connectivity index (χ2v) is 5.99. The molecular weight excluding hydrogens is 340 g/mol. The molecule has 1 aliphatic carbocycles. The highest BCUT2D eigenvalue weighted by molar-refractivity contribution is 5.89. The topological polar surface area (TPSA) is 90.4 Å². The Kier molecular flexibility index (Phi) is 8.51. The lowest BCUT2D eigenvalue weighted by molar-refractivity contribution is -0.0300. The van der Waals surface area contributed by atoms with Gasteiger partial charge in [-0.15, -0.1) is 0 Å². The van der Waals surface area contributed by atoms with E-state index >= 15 is 0 Å². The van der Waals surface area contributed by atoms with Crippen molar-refractivity contribution in [2.45, 2.75) is 51.9 Å². The molecule has 26 heavy (non-hydrogen) atoms. The van der Waals surface area contributed by atoms with Crippen LogP contribution in [0.4, 0.5) is 8.78 Å². The maximum Gasteiger partial charge on any atom is 0.337 e. The van der Waals surface area contributed by atoms with Crippen LogP contribution in [0.2, 0.25) is 0 Å². The van der Waals surface area contributed by atoms with E-state index in [0.717, 1.165) is 12.0 Å². The van der Waals surface area contributed by atoms with Crippen molar-refractivity contribution in [3.63, 3.8) is 0 Å². The van der Waals surface area contributed by atoms with Crippen LogP contribution in [0.3, 0.4) is 0 Å². The molecule has 2 rings (SSSR count). The molecule has 146 valence electrons. The number of nitrogens with two attached hydrogens (primary N) is 2. The number of hydrogen-bond acceptors (Lipinski definition) is 5. The van der Waals surface area contributed by atoms with Crippen molar-refractivity contribution >= 4 is 5.97 Å². The van der Waals surface area contributed by atoms with E-state index in [1.165, 1.54) is 7.11 Å². The summed E-state index contributed by atoms with van der Waals surface area (Å²) >= 11 is 0. The molecule has 5 nitrogen and oxygen atoms in total. The zero-order chi connectivity index (χ0) is 19.7. The summed E-state index contributed by atoms with van der Waals surface area (Å²) in [6, 6.07) is 6.49. The normalized spacial score (nSPS) is 22.3. The number of benzene rings is 1. The van der Waals surface area contributed by atoms with Crippen LogP contribution >= 0.6 is 0 Å². The van der Waals surface area contributed by atoms with E-state index in [-0.39, 0.29) is 12.1 Å². The summed E-state index contributed by atoms with van der Waals surface area (Å²) in [4.78, 5) is 11.4. The molecule has 0 heterocycles. The minimum atomic E-state index is -3.14. The van der Waals surface area contributed by atoms with Gasteiger partial charge in [0.2, 0.25) is 0 Å². The van der Waals surface area contributed by atoms with Gasteiger partial charge >= 0.3 is 5.97 Å². The van der Waals surface area contributed by atoms with Crippen molar-refractivity contribution in [1.29, 1.82) is 0 Å². The first kappa shape index (κ1) is 21.9. The van der Waals surface area contributed by atoms with Crippen molar-refractivity contribution in [3.8, 4) is 0 Å². The number of carbonyl (C=O) groups excluding carboxylic acids is 1. The molecule has 0 amide bonds. The fourth-order valence-corrected chi connectivity index (χ4v) is 2.99. The zero-order valence-corrected chi connectivity index (χ0v) is 15.6. The van der Waals surface area contributed by atoms with Crippen molar-refractivity contribution in [3.05, 3.63) is 46.8 Å². The molecule has 0 saturated carbocycles. The number of halogens is 2. The van der Waals surface area contributed by atoms with Gasteiger partial charge in [0.25, 0.3) is 5.92 Å². The van der Waals surface area contributed by atoms with Crippen LogP contribution < -0.4 is 17.0 Å². The molecule has 0 aromatic heterocycles. The van der Waals surface area contributed by atoms with Gasteiger partial charge in [0.05, 0.1) is 24.1 Å². The Morgan fingerprint density at radius 3 is 2.42 bits per heavy atom. The van der Waals surface area contributed by atoms with Gasteiger partial charge in [0.15, 0.2) is 0 Å². The summed E-state index contributed by atoms with van der Waals surface area (Å²) in [5.74, 6) is 0.824. The number of alkyl halides is 2. The number of nitrogens with one attached hydrogen (secondary N) is 1. The number of ether oxygens (including phenoxy) is 1. The maximum absolute atomic E-state index is 14.7. The van der Waals surface area contributed by atoms with Gasteiger partial charge in [-0.05, 0) is 43.4 Å². The number of carbonyl (C=O) groups is 1. The van der Waals surface area contributed by atoms with Gasteiger partial charge in [0, 0.05) is 5.92 Å². The average molecular weight is 369 g/mol. The third-order valence-corrected chi connectivity index (χ3v) is 4.46. The van der Waals surface area contributed by atoms with Gasteiger partial charge in [-0.2, -0.15) is 8.78 Å². The molecule has 0 radical (unpaired) electrons. The SMILES string of the molecule is CC.COC(=O)c1ccc(CC2CCCC/C(NN)=C(/N)C2(F)F)cc1. The number of hydrazine groups is 1. The summed E-state index contributed by atoms with van der Waals surface area (Å²) in [6.07, 6.45) is 2.42.